The predicted molar refractivity (Wildman–Crippen MR) is 112 cm³/mol. The lowest BCUT2D eigenvalue weighted by atomic mass is 9.81. The largest absolute Gasteiger partial charge is 0.416 e. The van der Waals surface area contributed by atoms with Crippen LogP contribution in [0.4, 0.5) is 26.3 Å². The quantitative estimate of drug-likeness (QED) is 0.445. The van der Waals surface area contributed by atoms with Gasteiger partial charge in [0.15, 0.2) is 6.29 Å². The van der Waals surface area contributed by atoms with Crippen molar-refractivity contribution in [1.82, 2.24) is 4.90 Å². The van der Waals surface area contributed by atoms with Crippen LogP contribution in [0.25, 0.3) is 0 Å². The van der Waals surface area contributed by atoms with E-state index in [0.717, 1.165) is 18.5 Å². The van der Waals surface area contributed by atoms with Gasteiger partial charge in [0.25, 0.3) is 0 Å². The van der Waals surface area contributed by atoms with Gasteiger partial charge < -0.3 is 14.4 Å². The third kappa shape index (κ3) is 6.49. The Hall–Kier alpha value is -2.10. The van der Waals surface area contributed by atoms with Gasteiger partial charge in [-0.1, -0.05) is 30.3 Å². The molecule has 1 aliphatic rings. The summed E-state index contributed by atoms with van der Waals surface area (Å²) in [5.41, 5.74) is -1.99. The van der Waals surface area contributed by atoms with Crippen LogP contribution in [0.1, 0.15) is 47.6 Å². The van der Waals surface area contributed by atoms with Crippen molar-refractivity contribution in [2.75, 3.05) is 27.2 Å². The highest BCUT2D eigenvalue weighted by atomic mass is 19.4. The highest BCUT2D eigenvalue weighted by molar-refractivity contribution is 5.34. The second-order valence-electron chi connectivity index (χ2n) is 8.60. The molecular formula is C24H27F6NO2. The number of benzene rings is 2. The molecule has 3 rings (SSSR count). The van der Waals surface area contributed by atoms with Crippen molar-refractivity contribution in [1.29, 1.82) is 0 Å². The van der Waals surface area contributed by atoms with Crippen LogP contribution in [-0.4, -0.2) is 38.4 Å². The molecule has 0 bridgehead atoms. The minimum absolute atomic E-state index is 0.118. The summed E-state index contributed by atoms with van der Waals surface area (Å²) in [6.07, 6.45) is -10.9. The number of halogens is 6. The number of nitrogens with zero attached hydrogens (tertiary/aromatic N) is 1. The lowest BCUT2D eigenvalue weighted by Gasteiger charge is -2.40. The standard InChI is InChI=1S/C24H27F6NO2/c1-15(18-11-19(23(25,26)27)13-20(12-18)24(28,29)30)33-22-21(16-7-5-4-6-8-16)17(9-10-32-22)14-31(2)3/h4-8,11-13,15,17,21-22H,9-10,14H2,1-3H3. The first kappa shape index (κ1) is 25.5. The number of rotatable bonds is 6. The molecule has 182 valence electrons. The molecule has 2 aromatic carbocycles. The van der Waals surface area contributed by atoms with E-state index in [0.29, 0.717) is 18.7 Å². The molecule has 0 radical (unpaired) electrons. The van der Waals surface area contributed by atoms with Crippen molar-refractivity contribution < 1.29 is 35.8 Å². The van der Waals surface area contributed by atoms with Crippen molar-refractivity contribution in [3.8, 4) is 0 Å². The molecule has 0 aliphatic carbocycles. The van der Waals surface area contributed by atoms with Crippen molar-refractivity contribution in [2.24, 2.45) is 5.92 Å². The van der Waals surface area contributed by atoms with E-state index in [1.54, 1.807) is 0 Å². The molecule has 0 N–H and O–H groups in total. The maximum atomic E-state index is 13.3. The smallest absolute Gasteiger partial charge is 0.352 e. The maximum absolute atomic E-state index is 13.3. The van der Waals surface area contributed by atoms with Gasteiger partial charge in [-0.25, -0.2) is 0 Å². The van der Waals surface area contributed by atoms with Gasteiger partial charge in [0.2, 0.25) is 0 Å². The Balaban J connectivity index is 1.93. The number of hydrogen-bond donors (Lipinski definition) is 0. The van der Waals surface area contributed by atoms with Crippen molar-refractivity contribution >= 4 is 0 Å². The van der Waals surface area contributed by atoms with Crippen LogP contribution >= 0.6 is 0 Å². The summed E-state index contributed by atoms with van der Waals surface area (Å²) in [6.45, 7) is 2.56. The Morgan fingerprint density at radius 2 is 1.55 bits per heavy atom. The summed E-state index contributed by atoms with van der Waals surface area (Å²) < 4.78 is 91.5. The summed E-state index contributed by atoms with van der Waals surface area (Å²) in [7, 11) is 3.88. The van der Waals surface area contributed by atoms with Crippen LogP contribution in [0, 0.1) is 5.92 Å². The van der Waals surface area contributed by atoms with Crippen LogP contribution in [0.5, 0.6) is 0 Å². The van der Waals surface area contributed by atoms with Crippen molar-refractivity contribution in [3.63, 3.8) is 0 Å². The summed E-state index contributed by atoms with van der Waals surface area (Å²) in [5, 5.41) is 0. The molecule has 0 saturated carbocycles. The Labute approximate surface area is 189 Å². The highest BCUT2D eigenvalue weighted by Crippen LogP contribution is 2.41. The minimum atomic E-state index is -4.92. The lowest BCUT2D eigenvalue weighted by molar-refractivity contribution is -0.210. The Bertz CT molecular complexity index is 881. The first-order valence-electron chi connectivity index (χ1n) is 10.6. The fourth-order valence-corrected chi connectivity index (χ4v) is 4.24. The van der Waals surface area contributed by atoms with Gasteiger partial charge in [0, 0.05) is 12.5 Å². The van der Waals surface area contributed by atoms with Gasteiger partial charge in [-0.05, 0) is 62.7 Å². The molecule has 33 heavy (non-hydrogen) atoms. The van der Waals surface area contributed by atoms with E-state index in [4.69, 9.17) is 9.47 Å². The molecule has 0 amide bonds. The summed E-state index contributed by atoms with van der Waals surface area (Å²) in [4.78, 5) is 2.04. The molecule has 1 aliphatic heterocycles. The van der Waals surface area contributed by atoms with E-state index < -0.39 is 35.9 Å². The normalized spacial score (nSPS) is 23.0. The first-order chi connectivity index (χ1) is 15.4. The number of ether oxygens (including phenoxy) is 2. The third-order valence-corrected chi connectivity index (χ3v) is 5.77. The third-order valence-electron chi connectivity index (χ3n) is 5.77. The summed E-state index contributed by atoms with van der Waals surface area (Å²) >= 11 is 0. The van der Waals surface area contributed by atoms with Gasteiger partial charge in [-0.3, -0.25) is 0 Å². The fraction of sp³-hybridized carbons (Fsp3) is 0.500. The van der Waals surface area contributed by atoms with E-state index >= 15 is 0 Å². The number of alkyl halides is 6. The molecule has 3 nitrogen and oxygen atoms in total. The van der Waals surface area contributed by atoms with E-state index in [1.165, 1.54) is 6.92 Å². The predicted octanol–water partition coefficient (Wildman–Crippen LogP) is 6.51. The van der Waals surface area contributed by atoms with Gasteiger partial charge in [0.05, 0.1) is 23.8 Å². The molecule has 1 saturated heterocycles. The first-order valence-corrected chi connectivity index (χ1v) is 10.6. The van der Waals surface area contributed by atoms with Crippen LogP contribution in [-0.2, 0) is 21.8 Å². The molecule has 0 aromatic heterocycles. The lowest BCUT2D eigenvalue weighted by Crippen LogP contribution is -2.41. The summed E-state index contributed by atoms with van der Waals surface area (Å²) in [6, 6.07) is 11.0. The minimum Gasteiger partial charge on any atom is -0.352 e. The van der Waals surface area contributed by atoms with E-state index in [-0.39, 0.29) is 23.5 Å². The van der Waals surface area contributed by atoms with E-state index in [9.17, 15) is 26.3 Å². The molecule has 1 fully saturated rings. The maximum Gasteiger partial charge on any atom is 0.416 e. The molecule has 4 unspecified atom stereocenters. The van der Waals surface area contributed by atoms with Gasteiger partial charge in [-0.15, -0.1) is 0 Å². The molecule has 9 heteroatoms. The Morgan fingerprint density at radius 3 is 2.06 bits per heavy atom. The number of hydrogen-bond acceptors (Lipinski definition) is 3. The van der Waals surface area contributed by atoms with Gasteiger partial charge >= 0.3 is 12.4 Å². The van der Waals surface area contributed by atoms with Crippen LogP contribution < -0.4 is 0 Å². The van der Waals surface area contributed by atoms with E-state index in [1.807, 2.05) is 49.3 Å². The fourth-order valence-electron chi connectivity index (χ4n) is 4.24. The van der Waals surface area contributed by atoms with Crippen LogP contribution in [0.15, 0.2) is 48.5 Å². The molecule has 4 atom stereocenters. The molecular weight excluding hydrogens is 448 g/mol. The van der Waals surface area contributed by atoms with Crippen molar-refractivity contribution in [2.45, 2.75) is 44.0 Å². The zero-order valence-corrected chi connectivity index (χ0v) is 18.6. The second kappa shape index (κ2) is 10.0. The Morgan fingerprint density at radius 1 is 0.970 bits per heavy atom. The van der Waals surface area contributed by atoms with Crippen LogP contribution in [0.3, 0.4) is 0 Å². The molecule has 1 heterocycles. The average Bonchev–Trinajstić information content (AvgIpc) is 2.72. The Kier molecular flexibility index (Phi) is 7.76. The topological polar surface area (TPSA) is 21.7 Å². The SMILES string of the molecule is CC(OC1OCCC(CN(C)C)C1c1ccccc1)c1cc(C(F)(F)F)cc(C(F)(F)F)c1. The van der Waals surface area contributed by atoms with Crippen molar-refractivity contribution in [3.05, 3.63) is 70.8 Å². The average molecular weight is 475 g/mol. The second-order valence-corrected chi connectivity index (χ2v) is 8.60. The summed E-state index contributed by atoms with van der Waals surface area (Å²) in [5.74, 6) is -0.0849. The molecule has 0 spiro atoms. The van der Waals surface area contributed by atoms with Gasteiger partial charge in [-0.2, -0.15) is 26.3 Å². The monoisotopic (exact) mass is 475 g/mol. The zero-order chi connectivity index (χ0) is 24.4. The highest BCUT2D eigenvalue weighted by Gasteiger charge is 2.40. The zero-order valence-electron chi connectivity index (χ0n) is 18.6. The molecule has 2 aromatic rings. The van der Waals surface area contributed by atoms with E-state index in [2.05, 4.69) is 0 Å². The van der Waals surface area contributed by atoms with Gasteiger partial charge in [0.1, 0.15) is 0 Å². The van der Waals surface area contributed by atoms with Crippen LogP contribution in [0.2, 0.25) is 0 Å².